The molecule has 0 fully saturated rings. The maximum absolute atomic E-state index is 9.40. The van der Waals surface area contributed by atoms with Gasteiger partial charge < -0.3 is 0 Å². The third-order valence-corrected chi connectivity index (χ3v) is 6.24. The van der Waals surface area contributed by atoms with Gasteiger partial charge in [0.15, 0.2) is 0 Å². The van der Waals surface area contributed by atoms with Crippen molar-refractivity contribution in [1.29, 1.82) is 10.5 Å². The molecular formula is C30H16N4. The topological polar surface area (TPSA) is 73.4 Å². The molecule has 0 saturated carbocycles. The number of nitrogens with zero attached hydrogens (tertiary/aromatic N) is 4. The normalized spacial score (nSPS) is 10.9. The van der Waals surface area contributed by atoms with Gasteiger partial charge in [0.05, 0.1) is 11.1 Å². The number of fused-ring (bicyclic) bond motifs is 5. The fourth-order valence-electron chi connectivity index (χ4n) is 4.73. The van der Waals surface area contributed by atoms with Crippen molar-refractivity contribution in [1.82, 2.24) is 9.97 Å². The fourth-order valence-corrected chi connectivity index (χ4v) is 4.73. The van der Waals surface area contributed by atoms with Crippen LogP contribution in [0, 0.1) is 22.7 Å². The van der Waals surface area contributed by atoms with Gasteiger partial charge in [-0.25, -0.2) is 0 Å². The van der Waals surface area contributed by atoms with Gasteiger partial charge in [0.1, 0.15) is 12.1 Å². The zero-order chi connectivity index (χ0) is 23.1. The number of pyridine rings is 2. The van der Waals surface area contributed by atoms with E-state index in [2.05, 4.69) is 58.5 Å². The van der Waals surface area contributed by atoms with Gasteiger partial charge >= 0.3 is 0 Å². The van der Waals surface area contributed by atoms with Gasteiger partial charge in [0.2, 0.25) is 0 Å². The molecule has 6 aromatic rings. The quantitative estimate of drug-likeness (QED) is 0.276. The van der Waals surface area contributed by atoms with E-state index >= 15 is 0 Å². The van der Waals surface area contributed by atoms with E-state index in [0.29, 0.717) is 11.1 Å². The van der Waals surface area contributed by atoms with Crippen LogP contribution in [-0.2, 0) is 0 Å². The van der Waals surface area contributed by atoms with E-state index in [-0.39, 0.29) is 0 Å². The third kappa shape index (κ3) is 3.06. The first-order valence-electron chi connectivity index (χ1n) is 10.8. The number of aromatic nitrogens is 2. The molecule has 0 N–H and O–H groups in total. The van der Waals surface area contributed by atoms with Gasteiger partial charge in [0, 0.05) is 35.9 Å². The van der Waals surface area contributed by atoms with Gasteiger partial charge in [-0.3, -0.25) is 9.97 Å². The van der Waals surface area contributed by atoms with Crippen LogP contribution in [0.1, 0.15) is 11.1 Å². The summed E-state index contributed by atoms with van der Waals surface area (Å²) in [6, 6.07) is 29.2. The van der Waals surface area contributed by atoms with Crippen LogP contribution in [0.25, 0.3) is 54.6 Å². The molecule has 0 radical (unpaired) electrons. The minimum atomic E-state index is 0.534. The second-order valence-corrected chi connectivity index (χ2v) is 8.18. The second kappa shape index (κ2) is 7.81. The van der Waals surface area contributed by atoms with Crippen LogP contribution in [0.15, 0.2) is 97.6 Å². The predicted octanol–water partition coefficient (Wildman–Crippen LogP) is 7.01. The highest BCUT2D eigenvalue weighted by Crippen LogP contribution is 2.41. The van der Waals surface area contributed by atoms with E-state index in [4.69, 9.17) is 0 Å². The lowest BCUT2D eigenvalue weighted by Gasteiger charge is -2.16. The standard InChI is InChI=1S/C30H16N4/c31-13-19-9-21(17-33-15-19)27-11-30-26-8-4-2-6-24(26)28(22-10-20(14-32)16-34-18-22)12-29(30)25-7-3-1-5-23(25)27/h1-12,15-18H. The van der Waals surface area contributed by atoms with Crippen LogP contribution >= 0.6 is 0 Å². The van der Waals surface area contributed by atoms with E-state index in [1.54, 1.807) is 12.4 Å². The first kappa shape index (κ1) is 19.6. The highest BCUT2D eigenvalue weighted by molar-refractivity contribution is 6.23. The molecule has 0 aliphatic rings. The first-order valence-corrected chi connectivity index (χ1v) is 10.8. The maximum Gasteiger partial charge on any atom is 0.101 e. The summed E-state index contributed by atoms with van der Waals surface area (Å²) in [5.74, 6) is 0. The molecule has 0 atom stereocenters. The summed E-state index contributed by atoms with van der Waals surface area (Å²) in [7, 11) is 0. The van der Waals surface area contributed by atoms with Crippen molar-refractivity contribution in [3.63, 3.8) is 0 Å². The smallest absolute Gasteiger partial charge is 0.101 e. The molecule has 156 valence electrons. The number of rotatable bonds is 2. The van der Waals surface area contributed by atoms with Gasteiger partial charge in [-0.15, -0.1) is 0 Å². The SMILES string of the molecule is N#Cc1cncc(-c2cc3c4ccccc4c(-c4cncc(C#N)c4)cc3c3ccccc23)c1. The van der Waals surface area contributed by atoms with Gasteiger partial charge in [0.25, 0.3) is 0 Å². The van der Waals surface area contributed by atoms with Crippen molar-refractivity contribution in [2.75, 3.05) is 0 Å². The van der Waals surface area contributed by atoms with Crippen molar-refractivity contribution in [3.8, 4) is 34.4 Å². The van der Waals surface area contributed by atoms with Crippen molar-refractivity contribution in [2.45, 2.75) is 0 Å². The Hall–Kier alpha value is -5.06. The number of hydrogen-bond donors (Lipinski definition) is 0. The summed E-state index contributed by atoms with van der Waals surface area (Å²) >= 11 is 0. The van der Waals surface area contributed by atoms with Gasteiger partial charge in [-0.05, 0) is 67.7 Å². The van der Waals surface area contributed by atoms with Crippen LogP contribution in [0.5, 0.6) is 0 Å². The highest BCUT2D eigenvalue weighted by atomic mass is 14.6. The largest absolute Gasteiger partial charge is 0.263 e. The molecule has 0 spiro atoms. The molecule has 4 heteroatoms. The third-order valence-electron chi connectivity index (χ3n) is 6.24. The Labute approximate surface area is 196 Å². The van der Waals surface area contributed by atoms with E-state index < -0.39 is 0 Å². The summed E-state index contributed by atoms with van der Waals surface area (Å²) < 4.78 is 0. The summed E-state index contributed by atoms with van der Waals surface area (Å²) in [5, 5.41) is 25.5. The predicted molar refractivity (Wildman–Crippen MR) is 135 cm³/mol. The lowest BCUT2D eigenvalue weighted by atomic mass is 9.88. The molecule has 0 amide bonds. The Balaban J connectivity index is 1.77. The highest BCUT2D eigenvalue weighted by Gasteiger charge is 2.15. The molecule has 0 bridgehead atoms. The molecule has 0 saturated heterocycles. The van der Waals surface area contributed by atoms with E-state index in [9.17, 15) is 10.5 Å². The van der Waals surface area contributed by atoms with E-state index in [1.165, 1.54) is 0 Å². The number of nitriles is 2. The maximum atomic E-state index is 9.40. The fraction of sp³-hybridized carbons (Fsp3) is 0. The average Bonchev–Trinajstić information content (AvgIpc) is 2.92. The van der Waals surface area contributed by atoms with Gasteiger partial charge in [-0.2, -0.15) is 10.5 Å². The zero-order valence-corrected chi connectivity index (χ0v) is 18.0. The summed E-state index contributed by atoms with van der Waals surface area (Å²) in [6.45, 7) is 0. The molecular weight excluding hydrogens is 416 g/mol. The lowest BCUT2D eigenvalue weighted by Crippen LogP contribution is -1.91. The van der Waals surface area contributed by atoms with E-state index in [1.807, 2.05) is 48.8 Å². The second-order valence-electron chi connectivity index (χ2n) is 8.18. The van der Waals surface area contributed by atoms with Crippen molar-refractivity contribution in [2.24, 2.45) is 0 Å². The molecule has 6 rings (SSSR count). The Bertz CT molecular complexity index is 1700. The van der Waals surface area contributed by atoms with Crippen molar-refractivity contribution < 1.29 is 0 Å². The molecule has 0 aliphatic carbocycles. The van der Waals surface area contributed by atoms with Crippen LogP contribution in [0.2, 0.25) is 0 Å². The molecule has 0 unspecified atom stereocenters. The number of hydrogen-bond acceptors (Lipinski definition) is 4. The Kier molecular flexibility index (Phi) is 4.51. The number of benzene rings is 4. The monoisotopic (exact) mass is 432 g/mol. The Morgan fingerprint density at radius 3 is 1.29 bits per heavy atom. The van der Waals surface area contributed by atoms with Crippen molar-refractivity contribution >= 4 is 32.3 Å². The Morgan fingerprint density at radius 2 is 0.882 bits per heavy atom. The summed E-state index contributed by atoms with van der Waals surface area (Å²) in [5.41, 5.74) is 4.98. The zero-order valence-electron chi connectivity index (χ0n) is 18.0. The van der Waals surface area contributed by atoms with Crippen LogP contribution in [0.4, 0.5) is 0 Å². The lowest BCUT2D eigenvalue weighted by molar-refractivity contribution is 1.30. The molecule has 4 aromatic carbocycles. The Morgan fingerprint density at radius 1 is 0.471 bits per heavy atom. The summed E-state index contributed by atoms with van der Waals surface area (Å²) in [4.78, 5) is 8.59. The molecule has 2 aromatic heterocycles. The minimum Gasteiger partial charge on any atom is -0.263 e. The van der Waals surface area contributed by atoms with Crippen molar-refractivity contribution in [3.05, 3.63) is 109 Å². The molecule has 2 heterocycles. The molecule has 34 heavy (non-hydrogen) atoms. The first-order chi connectivity index (χ1) is 16.8. The van der Waals surface area contributed by atoms with Crippen LogP contribution in [-0.4, -0.2) is 9.97 Å². The van der Waals surface area contributed by atoms with Crippen LogP contribution in [0.3, 0.4) is 0 Å². The summed E-state index contributed by atoms with van der Waals surface area (Å²) in [6.07, 6.45) is 6.78. The van der Waals surface area contributed by atoms with E-state index in [0.717, 1.165) is 54.6 Å². The molecule has 0 aliphatic heterocycles. The minimum absolute atomic E-state index is 0.534. The van der Waals surface area contributed by atoms with Crippen LogP contribution < -0.4 is 0 Å². The average molecular weight is 432 g/mol. The van der Waals surface area contributed by atoms with Gasteiger partial charge in [-0.1, -0.05) is 48.5 Å². The molecule has 4 nitrogen and oxygen atoms in total.